The summed E-state index contributed by atoms with van der Waals surface area (Å²) in [6, 6.07) is 4.25. The lowest BCUT2D eigenvalue weighted by Crippen LogP contribution is -2.46. The molecule has 0 aliphatic carbocycles. The first-order chi connectivity index (χ1) is 10.0. The van der Waals surface area contributed by atoms with Gasteiger partial charge in [0.05, 0.1) is 12.7 Å². The van der Waals surface area contributed by atoms with Gasteiger partial charge in [-0.2, -0.15) is 0 Å². The molecule has 0 bridgehead atoms. The number of benzene rings is 1. The van der Waals surface area contributed by atoms with E-state index in [0.29, 0.717) is 17.0 Å². The highest BCUT2D eigenvalue weighted by molar-refractivity contribution is 6.00. The molecule has 0 spiro atoms. The third-order valence-corrected chi connectivity index (χ3v) is 3.61. The standard InChI is InChI=1S/C15H21N3O3/c1-10(15(20)18-7-3-4-8-18)17-14(19)12-6-5-11(16)9-13(12)21-2/h5-6,9-10H,3-4,7-8,16H2,1-2H3,(H,17,19). The third-order valence-electron chi connectivity index (χ3n) is 3.61. The number of carbonyl (C=O) groups excluding carboxylic acids is 2. The van der Waals surface area contributed by atoms with Gasteiger partial charge < -0.3 is 20.7 Å². The number of likely N-dealkylation sites (tertiary alicyclic amines) is 1. The second-order valence-corrected chi connectivity index (χ2v) is 5.19. The SMILES string of the molecule is COc1cc(N)ccc1C(=O)NC(C)C(=O)N1CCCC1. The molecule has 1 fully saturated rings. The molecule has 3 N–H and O–H groups in total. The Labute approximate surface area is 124 Å². The smallest absolute Gasteiger partial charge is 0.255 e. The summed E-state index contributed by atoms with van der Waals surface area (Å²) in [4.78, 5) is 26.2. The molecule has 21 heavy (non-hydrogen) atoms. The minimum atomic E-state index is -0.558. The third kappa shape index (κ3) is 3.45. The van der Waals surface area contributed by atoms with Gasteiger partial charge in [-0.25, -0.2) is 0 Å². The fourth-order valence-electron chi connectivity index (χ4n) is 2.44. The van der Waals surface area contributed by atoms with E-state index < -0.39 is 6.04 Å². The first kappa shape index (κ1) is 15.2. The van der Waals surface area contributed by atoms with Crippen molar-refractivity contribution in [3.8, 4) is 5.75 Å². The molecule has 0 radical (unpaired) electrons. The number of hydrogen-bond acceptors (Lipinski definition) is 4. The van der Waals surface area contributed by atoms with Crippen molar-refractivity contribution >= 4 is 17.5 Å². The quantitative estimate of drug-likeness (QED) is 0.811. The molecule has 1 unspecified atom stereocenters. The van der Waals surface area contributed by atoms with E-state index in [1.807, 2.05) is 0 Å². The van der Waals surface area contributed by atoms with Crippen molar-refractivity contribution < 1.29 is 14.3 Å². The molecule has 6 nitrogen and oxygen atoms in total. The summed E-state index contributed by atoms with van der Waals surface area (Å²) in [5, 5.41) is 2.72. The maximum absolute atomic E-state index is 12.3. The molecule has 1 atom stereocenters. The van der Waals surface area contributed by atoms with Crippen LogP contribution in [0.4, 0.5) is 5.69 Å². The van der Waals surface area contributed by atoms with Crippen LogP contribution in [0.5, 0.6) is 5.75 Å². The summed E-state index contributed by atoms with van der Waals surface area (Å²) in [5.74, 6) is 0.00970. The summed E-state index contributed by atoms with van der Waals surface area (Å²) < 4.78 is 5.15. The van der Waals surface area contributed by atoms with Crippen LogP contribution in [0.1, 0.15) is 30.1 Å². The molecule has 1 heterocycles. The van der Waals surface area contributed by atoms with Gasteiger partial charge in [0.2, 0.25) is 5.91 Å². The van der Waals surface area contributed by atoms with E-state index in [-0.39, 0.29) is 11.8 Å². The summed E-state index contributed by atoms with van der Waals surface area (Å²) in [6.45, 7) is 3.23. The van der Waals surface area contributed by atoms with Crippen LogP contribution >= 0.6 is 0 Å². The van der Waals surface area contributed by atoms with Crippen LogP contribution in [0.25, 0.3) is 0 Å². The van der Waals surface area contributed by atoms with Gasteiger partial charge in [0.25, 0.3) is 5.91 Å². The summed E-state index contributed by atoms with van der Waals surface area (Å²) in [6.07, 6.45) is 2.05. The number of amides is 2. The largest absolute Gasteiger partial charge is 0.496 e. The Morgan fingerprint density at radius 3 is 2.62 bits per heavy atom. The molecular weight excluding hydrogens is 270 g/mol. The fourth-order valence-corrected chi connectivity index (χ4v) is 2.44. The summed E-state index contributed by atoms with van der Waals surface area (Å²) in [7, 11) is 1.48. The van der Waals surface area contributed by atoms with E-state index in [4.69, 9.17) is 10.5 Å². The molecule has 0 saturated carbocycles. The average molecular weight is 291 g/mol. The molecule has 2 rings (SSSR count). The fraction of sp³-hybridized carbons (Fsp3) is 0.467. The van der Waals surface area contributed by atoms with Crippen molar-refractivity contribution in [3.63, 3.8) is 0 Å². The molecule has 1 aliphatic heterocycles. The van der Waals surface area contributed by atoms with Crippen molar-refractivity contribution in [2.45, 2.75) is 25.8 Å². The zero-order valence-electron chi connectivity index (χ0n) is 12.4. The lowest BCUT2D eigenvalue weighted by atomic mass is 10.1. The Morgan fingerprint density at radius 2 is 2.00 bits per heavy atom. The zero-order valence-corrected chi connectivity index (χ0v) is 12.4. The number of nitrogens with two attached hydrogens (primary N) is 1. The van der Waals surface area contributed by atoms with Gasteiger partial charge in [-0.05, 0) is 31.9 Å². The maximum atomic E-state index is 12.3. The van der Waals surface area contributed by atoms with Crippen molar-refractivity contribution in [3.05, 3.63) is 23.8 Å². The highest BCUT2D eigenvalue weighted by Gasteiger charge is 2.25. The molecule has 6 heteroatoms. The monoisotopic (exact) mass is 291 g/mol. The van der Waals surface area contributed by atoms with Gasteiger partial charge in [0.1, 0.15) is 11.8 Å². The Kier molecular flexibility index (Phi) is 4.67. The molecular formula is C15H21N3O3. The Balaban J connectivity index is 2.05. The van der Waals surface area contributed by atoms with Gasteiger partial charge in [0, 0.05) is 24.8 Å². The number of nitrogen functional groups attached to an aromatic ring is 1. The van der Waals surface area contributed by atoms with Crippen LogP contribution in [-0.2, 0) is 4.79 Å². The highest BCUT2D eigenvalue weighted by Crippen LogP contribution is 2.21. The average Bonchev–Trinajstić information content (AvgIpc) is 3.00. The number of nitrogens with one attached hydrogen (secondary N) is 1. The van der Waals surface area contributed by atoms with Crippen LogP contribution in [-0.4, -0.2) is 43.0 Å². The number of hydrogen-bond donors (Lipinski definition) is 2. The molecule has 1 aromatic rings. The van der Waals surface area contributed by atoms with E-state index in [1.165, 1.54) is 7.11 Å². The Morgan fingerprint density at radius 1 is 1.33 bits per heavy atom. The van der Waals surface area contributed by atoms with Crippen LogP contribution in [0.3, 0.4) is 0 Å². The zero-order chi connectivity index (χ0) is 15.4. The van der Waals surface area contributed by atoms with Gasteiger partial charge in [-0.3, -0.25) is 9.59 Å². The minimum Gasteiger partial charge on any atom is -0.496 e. The van der Waals surface area contributed by atoms with Crippen molar-refractivity contribution in [2.24, 2.45) is 0 Å². The van der Waals surface area contributed by atoms with E-state index in [0.717, 1.165) is 25.9 Å². The van der Waals surface area contributed by atoms with Crippen molar-refractivity contribution in [2.75, 3.05) is 25.9 Å². The van der Waals surface area contributed by atoms with E-state index in [1.54, 1.807) is 30.0 Å². The Bertz CT molecular complexity index is 539. The Hall–Kier alpha value is -2.24. The predicted octanol–water partition coefficient (Wildman–Crippen LogP) is 1.02. The molecule has 1 saturated heterocycles. The topological polar surface area (TPSA) is 84.7 Å². The lowest BCUT2D eigenvalue weighted by molar-refractivity contribution is -0.131. The van der Waals surface area contributed by atoms with E-state index in [2.05, 4.69) is 5.32 Å². The van der Waals surface area contributed by atoms with E-state index in [9.17, 15) is 9.59 Å². The lowest BCUT2D eigenvalue weighted by Gasteiger charge is -2.21. The van der Waals surface area contributed by atoms with Crippen molar-refractivity contribution in [1.29, 1.82) is 0 Å². The van der Waals surface area contributed by atoms with Crippen LogP contribution in [0.2, 0.25) is 0 Å². The number of ether oxygens (including phenoxy) is 1. The van der Waals surface area contributed by atoms with Crippen molar-refractivity contribution in [1.82, 2.24) is 10.2 Å². The predicted molar refractivity (Wildman–Crippen MR) is 80.1 cm³/mol. The first-order valence-corrected chi connectivity index (χ1v) is 7.06. The van der Waals surface area contributed by atoms with Crippen LogP contribution in [0, 0.1) is 0 Å². The molecule has 0 aromatic heterocycles. The second kappa shape index (κ2) is 6.47. The molecule has 2 amide bonds. The number of anilines is 1. The van der Waals surface area contributed by atoms with Gasteiger partial charge in [-0.1, -0.05) is 0 Å². The molecule has 114 valence electrons. The van der Waals surface area contributed by atoms with Crippen LogP contribution in [0.15, 0.2) is 18.2 Å². The van der Waals surface area contributed by atoms with Gasteiger partial charge in [0.15, 0.2) is 0 Å². The number of methoxy groups -OCH3 is 1. The van der Waals surface area contributed by atoms with Gasteiger partial charge in [-0.15, -0.1) is 0 Å². The van der Waals surface area contributed by atoms with E-state index >= 15 is 0 Å². The molecule has 1 aromatic carbocycles. The number of carbonyl (C=O) groups is 2. The number of rotatable bonds is 4. The highest BCUT2D eigenvalue weighted by atomic mass is 16.5. The maximum Gasteiger partial charge on any atom is 0.255 e. The summed E-state index contributed by atoms with van der Waals surface area (Å²) in [5.41, 5.74) is 6.55. The van der Waals surface area contributed by atoms with Crippen LogP contribution < -0.4 is 15.8 Å². The number of nitrogens with zero attached hydrogens (tertiary/aromatic N) is 1. The summed E-state index contributed by atoms with van der Waals surface area (Å²) >= 11 is 0. The molecule has 1 aliphatic rings. The first-order valence-electron chi connectivity index (χ1n) is 7.06. The minimum absolute atomic E-state index is 0.0461. The van der Waals surface area contributed by atoms with Gasteiger partial charge >= 0.3 is 0 Å². The second-order valence-electron chi connectivity index (χ2n) is 5.19. The normalized spacial score (nSPS) is 15.6.